The Morgan fingerprint density at radius 3 is 2.52 bits per heavy atom. The molecule has 16 heteroatoms. The normalized spacial score (nSPS) is 16.1. The van der Waals surface area contributed by atoms with E-state index in [2.05, 4.69) is 15.2 Å². The Bertz CT molecular complexity index is 1680. The number of likely N-dealkylation sites (tertiary alicyclic amines) is 1. The molecule has 2 aromatic heterocycles. The van der Waals surface area contributed by atoms with Crippen LogP contribution in [-0.2, 0) is 17.9 Å². The lowest BCUT2D eigenvalue weighted by molar-refractivity contribution is -0.207. The van der Waals surface area contributed by atoms with E-state index in [9.17, 15) is 32.7 Å². The smallest absolute Gasteiger partial charge is 0.382 e. The number of rotatable bonds is 8. The molecule has 12 nitrogen and oxygen atoms in total. The molecule has 42 heavy (non-hydrogen) atoms. The minimum absolute atomic E-state index is 0.0687. The molecular formula is C26H24ClF3N8O4. The highest BCUT2D eigenvalue weighted by atomic mass is 35.5. The summed E-state index contributed by atoms with van der Waals surface area (Å²) in [4.78, 5) is 43.9. The molecule has 0 saturated carbocycles. The van der Waals surface area contributed by atoms with Gasteiger partial charge in [0.15, 0.2) is 17.8 Å². The van der Waals surface area contributed by atoms with Crippen LogP contribution in [0.1, 0.15) is 29.0 Å². The van der Waals surface area contributed by atoms with E-state index in [0.717, 1.165) is 9.25 Å². The molecule has 1 fully saturated rings. The largest absolute Gasteiger partial charge is 0.416 e. The van der Waals surface area contributed by atoms with Crippen LogP contribution in [-0.4, -0.2) is 75.8 Å². The van der Waals surface area contributed by atoms with Crippen LogP contribution in [0.25, 0.3) is 17.1 Å². The Morgan fingerprint density at radius 2 is 1.83 bits per heavy atom. The molecule has 3 N–H and O–H groups in total. The number of nitrogens with two attached hydrogens (primary N) is 1. The number of amides is 2. The summed E-state index contributed by atoms with van der Waals surface area (Å²) in [6.07, 6.45) is -5.36. The van der Waals surface area contributed by atoms with Gasteiger partial charge in [0, 0.05) is 17.1 Å². The first kappa shape index (κ1) is 29.0. The van der Waals surface area contributed by atoms with Gasteiger partial charge in [0.2, 0.25) is 5.91 Å². The Kier molecular flexibility index (Phi) is 7.88. The number of hydrogen-bond donors (Lipinski definition) is 2. The van der Waals surface area contributed by atoms with Gasteiger partial charge in [0.05, 0.1) is 17.8 Å². The molecule has 1 aliphatic rings. The highest BCUT2D eigenvalue weighted by Crippen LogP contribution is 2.25. The minimum Gasteiger partial charge on any atom is -0.382 e. The fourth-order valence-electron chi connectivity index (χ4n) is 4.73. The van der Waals surface area contributed by atoms with Gasteiger partial charge < -0.3 is 15.7 Å². The van der Waals surface area contributed by atoms with E-state index < -0.39 is 42.4 Å². The number of hydrogen-bond acceptors (Lipinski definition) is 7. The number of alkyl halides is 3. The third-order valence-corrected chi connectivity index (χ3v) is 7.06. The molecule has 1 aliphatic heterocycles. The molecule has 0 spiro atoms. The Hall–Kier alpha value is -4.50. The highest BCUT2D eigenvalue weighted by molar-refractivity contribution is 6.30. The number of benzene rings is 2. The maximum Gasteiger partial charge on any atom is 0.416 e. The number of primary amides is 1. The third kappa shape index (κ3) is 5.78. The standard InChI is InChI=1S/C26H24ClF3N8O4/c27-16-9-7-15(8-10-16)23-34-37(25(42)36(23)12-20(39)26(28,29)30)13-21-32-14-38(33-21)18-5-2-1-4-17(18)24(41)35-11-3-6-19(35)22(31)40/h1-2,4-5,7-10,14,19-20,39H,3,6,11-13H2,(H2,31,40)/t19-,20?/m1/s1. The van der Waals surface area contributed by atoms with E-state index in [1.807, 2.05) is 0 Å². The Morgan fingerprint density at radius 1 is 1.12 bits per heavy atom. The van der Waals surface area contributed by atoms with Crippen LogP contribution >= 0.6 is 11.6 Å². The second kappa shape index (κ2) is 11.4. The number of carbonyl (C=O) groups excluding carboxylic acids is 2. The maximum atomic E-state index is 13.3. The SMILES string of the molecule is NC(=O)[C@H]1CCCN1C(=O)c1ccccc1-n1cnc(Cn2nc(-c3ccc(Cl)cc3)n(CC(O)C(F)(F)F)c2=O)n1. The van der Waals surface area contributed by atoms with E-state index in [0.29, 0.717) is 35.7 Å². The van der Waals surface area contributed by atoms with Crippen molar-refractivity contribution >= 4 is 23.4 Å². The number of halogens is 4. The van der Waals surface area contributed by atoms with Gasteiger partial charge in [0.1, 0.15) is 18.9 Å². The van der Waals surface area contributed by atoms with Crippen molar-refractivity contribution in [2.75, 3.05) is 6.54 Å². The molecule has 2 amide bonds. The first-order valence-electron chi connectivity index (χ1n) is 12.7. The molecule has 0 aliphatic carbocycles. The zero-order valence-corrected chi connectivity index (χ0v) is 22.5. The van der Waals surface area contributed by atoms with Gasteiger partial charge in [-0.25, -0.2) is 19.1 Å². The van der Waals surface area contributed by atoms with Gasteiger partial charge in [-0.1, -0.05) is 23.7 Å². The average Bonchev–Trinajstić information content (AvgIpc) is 3.69. The van der Waals surface area contributed by atoms with Gasteiger partial charge in [-0.3, -0.25) is 14.2 Å². The lowest BCUT2D eigenvalue weighted by Gasteiger charge is -2.23. The zero-order chi connectivity index (χ0) is 30.2. The van der Waals surface area contributed by atoms with Gasteiger partial charge in [0.25, 0.3) is 5.91 Å². The predicted octanol–water partition coefficient (Wildman–Crippen LogP) is 2.01. The molecule has 2 aromatic carbocycles. The molecule has 220 valence electrons. The van der Waals surface area contributed by atoms with Crippen molar-refractivity contribution < 1.29 is 27.9 Å². The second-order valence-corrected chi connectivity index (χ2v) is 10.1. The lowest BCUT2D eigenvalue weighted by Crippen LogP contribution is -2.43. The number of nitrogens with zero attached hydrogens (tertiary/aromatic N) is 7. The van der Waals surface area contributed by atoms with Crippen molar-refractivity contribution in [1.29, 1.82) is 0 Å². The lowest BCUT2D eigenvalue weighted by atomic mass is 10.1. The summed E-state index contributed by atoms with van der Waals surface area (Å²) in [5, 5.41) is 18.6. The van der Waals surface area contributed by atoms with E-state index in [4.69, 9.17) is 17.3 Å². The van der Waals surface area contributed by atoms with E-state index in [-0.39, 0.29) is 23.8 Å². The third-order valence-electron chi connectivity index (χ3n) is 6.81. The van der Waals surface area contributed by atoms with Crippen LogP contribution < -0.4 is 11.4 Å². The van der Waals surface area contributed by atoms with Gasteiger partial charge in [-0.2, -0.15) is 13.2 Å². The summed E-state index contributed by atoms with van der Waals surface area (Å²) in [6, 6.07) is 11.8. The van der Waals surface area contributed by atoms with E-state index in [1.54, 1.807) is 24.3 Å². The predicted molar refractivity (Wildman–Crippen MR) is 143 cm³/mol. The second-order valence-electron chi connectivity index (χ2n) is 9.62. The molecule has 1 unspecified atom stereocenters. The maximum absolute atomic E-state index is 13.3. The summed E-state index contributed by atoms with van der Waals surface area (Å²) in [5.74, 6) is -1.05. The molecule has 2 atom stereocenters. The van der Waals surface area contributed by atoms with Crippen LogP contribution in [0.15, 0.2) is 59.7 Å². The number of aliphatic hydroxyl groups excluding tert-OH is 1. The molecule has 0 bridgehead atoms. The first-order valence-corrected chi connectivity index (χ1v) is 13.1. The van der Waals surface area contributed by atoms with Crippen LogP contribution in [0.5, 0.6) is 0 Å². The topological polar surface area (TPSA) is 154 Å². The quantitative estimate of drug-likeness (QED) is 0.312. The number of para-hydroxylation sites is 1. The van der Waals surface area contributed by atoms with Crippen LogP contribution in [0.2, 0.25) is 5.02 Å². The summed E-state index contributed by atoms with van der Waals surface area (Å²) in [7, 11) is 0. The molecule has 0 radical (unpaired) electrons. The summed E-state index contributed by atoms with van der Waals surface area (Å²) in [6.45, 7) is -1.04. The summed E-state index contributed by atoms with van der Waals surface area (Å²) < 4.78 is 42.3. The van der Waals surface area contributed by atoms with Gasteiger partial charge >= 0.3 is 11.9 Å². The van der Waals surface area contributed by atoms with Gasteiger partial charge in [-0.15, -0.1) is 10.2 Å². The Balaban J connectivity index is 1.46. The van der Waals surface area contributed by atoms with Crippen LogP contribution in [0.4, 0.5) is 13.2 Å². The van der Waals surface area contributed by atoms with E-state index in [1.165, 1.54) is 40.2 Å². The Labute approximate surface area is 240 Å². The number of aliphatic hydroxyl groups is 1. The molecular weight excluding hydrogens is 581 g/mol. The zero-order valence-electron chi connectivity index (χ0n) is 21.8. The molecule has 1 saturated heterocycles. The van der Waals surface area contributed by atoms with Crippen molar-refractivity contribution in [3.63, 3.8) is 0 Å². The minimum atomic E-state index is -4.96. The molecule has 3 heterocycles. The van der Waals surface area contributed by atoms with E-state index >= 15 is 0 Å². The first-order chi connectivity index (χ1) is 19.9. The van der Waals surface area contributed by atoms with Crippen LogP contribution in [0.3, 0.4) is 0 Å². The monoisotopic (exact) mass is 604 g/mol. The summed E-state index contributed by atoms with van der Waals surface area (Å²) in [5.41, 5.74) is 5.44. The fraction of sp³-hybridized carbons (Fsp3) is 0.308. The number of carbonyl (C=O) groups is 2. The molecule has 5 rings (SSSR count). The summed E-state index contributed by atoms with van der Waals surface area (Å²) >= 11 is 5.92. The van der Waals surface area contributed by atoms with Crippen molar-refractivity contribution in [2.24, 2.45) is 5.73 Å². The van der Waals surface area contributed by atoms with Crippen molar-refractivity contribution in [1.82, 2.24) is 34.0 Å². The highest BCUT2D eigenvalue weighted by Gasteiger charge is 2.39. The number of aromatic nitrogens is 6. The van der Waals surface area contributed by atoms with Crippen molar-refractivity contribution in [3.05, 3.63) is 81.8 Å². The van der Waals surface area contributed by atoms with Gasteiger partial charge in [-0.05, 0) is 49.2 Å². The van der Waals surface area contributed by atoms with Crippen LogP contribution in [0, 0.1) is 0 Å². The average molecular weight is 605 g/mol. The van der Waals surface area contributed by atoms with Crippen molar-refractivity contribution in [3.8, 4) is 17.1 Å². The van der Waals surface area contributed by atoms with Crippen molar-refractivity contribution in [2.45, 2.75) is 44.3 Å². The fourth-order valence-corrected chi connectivity index (χ4v) is 4.86. The molecule has 4 aromatic rings.